The standard InChI is InChI=1S/C13H21N3O2/c1-4-7-14-13(17)16-8-5-6-11(16)12-9(2)15-18-10(12)3/h11H,4-8H2,1-3H3,(H,14,17). The summed E-state index contributed by atoms with van der Waals surface area (Å²) in [5.41, 5.74) is 1.98. The highest BCUT2D eigenvalue weighted by atomic mass is 16.5. The van der Waals surface area contributed by atoms with E-state index < -0.39 is 0 Å². The van der Waals surface area contributed by atoms with Crippen LogP contribution in [0.5, 0.6) is 0 Å². The fraction of sp³-hybridized carbons (Fsp3) is 0.692. The van der Waals surface area contributed by atoms with Gasteiger partial charge in [-0.1, -0.05) is 12.1 Å². The van der Waals surface area contributed by atoms with Gasteiger partial charge in [0.25, 0.3) is 0 Å². The zero-order chi connectivity index (χ0) is 13.1. The second-order valence-electron chi connectivity index (χ2n) is 4.82. The number of hydrogen-bond donors (Lipinski definition) is 1. The van der Waals surface area contributed by atoms with E-state index in [4.69, 9.17) is 4.52 Å². The summed E-state index contributed by atoms with van der Waals surface area (Å²) >= 11 is 0. The van der Waals surface area contributed by atoms with Crippen molar-refractivity contribution in [3.63, 3.8) is 0 Å². The van der Waals surface area contributed by atoms with Crippen LogP contribution in [0.25, 0.3) is 0 Å². The highest BCUT2D eigenvalue weighted by molar-refractivity contribution is 5.75. The molecule has 2 rings (SSSR count). The van der Waals surface area contributed by atoms with Crippen LogP contribution in [-0.2, 0) is 0 Å². The number of rotatable bonds is 3. The van der Waals surface area contributed by atoms with Crippen LogP contribution >= 0.6 is 0 Å². The van der Waals surface area contributed by atoms with Crippen LogP contribution in [-0.4, -0.2) is 29.2 Å². The van der Waals surface area contributed by atoms with E-state index in [0.29, 0.717) is 0 Å². The normalized spacial score (nSPS) is 19.3. The van der Waals surface area contributed by atoms with E-state index in [9.17, 15) is 4.79 Å². The molecule has 1 aliphatic heterocycles. The molecule has 5 nitrogen and oxygen atoms in total. The number of aromatic nitrogens is 1. The topological polar surface area (TPSA) is 58.4 Å². The minimum atomic E-state index is 0.0272. The molecule has 1 saturated heterocycles. The van der Waals surface area contributed by atoms with Crippen molar-refractivity contribution in [1.29, 1.82) is 0 Å². The van der Waals surface area contributed by atoms with Gasteiger partial charge < -0.3 is 14.7 Å². The van der Waals surface area contributed by atoms with Crippen molar-refractivity contribution in [2.45, 2.75) is 46.1 Å². The lowest BCUT2D eigenvalue weighted by molar-refractivity contribution is 0.192. The van der Waals surface area contributed by atoms with Gasteiger partial charge in [0, 0.05) is 18.7 Å². The van der Waals surface area contributed by atoms with E-state index in [0.717, 1.165) is 49.4 Å². The van der Waals surface area contributed by atoms with Gasteiger partial charge in [-0.05, 0) is 33.1 Å². The molecule has 1 aromatic heterocycles. The highest BCUT2D eigenvalue weighted by Crippen LogP contribution is 2.35. The van der Waals surface area contributed by atoms with Crippen molar-refractivity contribution in [2.24, 2.45) is 0 Å². The number of nitrogens with one attached hydrogen (secondary N) is 1. The van der Waals surface area contributed by atoms with Gasteiger partial charge in [0.2, 0.25) is 0 Å². The predicted molar refractivity (Wildman–Crippen MR) is 68.3 cm³/mol. The Kier molecular flexibility index (Phi) is 3.89. The first-order chi connectivity index (χ1) is 8.65. The molecule has 2 heterocycles. The fourth-order valence-electron chi connectivity index (χ4n) is 2.61. The molecular weight excluding hydrogens is 230 g/mol. The van der Waals surface area contributed by atoms with E-state index in [1.54, 1.807) is 0 Å². The molecule has 1 aromatic rings. The van der Waals surface area contributed by atoms with Crippen LogP contribution in [0.3, 0.4) is 0 Å². The lowest BCUT2D eigenvalue weighted by atomic mass is 10.0. The highest BCUT2D eigenvalue weighted by Gasteiger charge is 2.33. The first-order valence-electron chi connectivity index (χ1n) is 6.62. The number of amides is 2. The number of hydrogen-bond acceptors (Lipinski definition) is 3. The maximum Gasteiger partial charge on any atom is 0.317 e. The van der Waals surface area contributed by atoms with Gasteiger partial charge in [0.15, 0.2) is 0 Å². The number of aryl methyl sites for hydroxylation is 2. The maximum absolute atomic E-state index is 12.1. The molecule has 0 aromatic carbocycles. The summed E-state index contributed by atoms with van der Waals surface area (Å²) in [5, 5.41) is 6.92. The molecule has 5 heteroatoms. The minimum absolute atomic E-state index is 0.0272. The number of carbonyl (C=O) groups is 1. The Morgan fingerprint density at radius 2 is 2.33 bits per heavy atom. The van der Waals surface area contributed by atoms with Gasteiger partial charge in [-0.3, -0.25) is 0 Å². The molecular formula is C13H21N3O2. The Bertz CT molecular complexity index is 408. The molecule has 1 aliphatic rings. The van der Waals surface area contributed by atoms with Gasteiger partial charge >= 0.3 is 6.03 Å². The summed E-state index contributed by atoms with van der Waals surface area (Å²) in [5.74, 6) is 0.827. The third-order valence-electron chi connectivity index (χ3n) is 3.46. The van der Waals surface area contributed by atoms with Crippen LogP contribution in [0, 0.1) is 13.8 Å². The molecule has 0 saturated carbocycles. The molecule has 18 heavy (non-hydrogen) atoms. The SMILES string of the molecule is CCCNC(=O)N1CCCC1c1c(C)noc1C. The predicted octanol–water partition coefficient (Wildman–Crippen LogP) is 2.55. The number of nitrogens with zero attached hydrogens (tertiary/aromatic N) is 2. The zero-order valence-electron chi connectivity index (χ0n) is 11.3. The average molecular weight is 251 g/mol. The van der Waals surface area contributed by atoms with Crippen molar-refractivity contribution in [1.82, 2.24) is 15.4 Å². The van der Waals surface area contributed by atoms with Crippen LogP contribution in [0.2, 0.25) is 0 Å². The van der Waals surface area contributed by atoms with E-state index in [1.165, 1.54) is 0 Å². The van der Waals surface area contributed by atoms with Crippen molar-refractivity contribution < 1.29 is 9.32 Å². The summed E-state index contributed by atoms with van der Waals surface area (Å²) < 4.78 is 5.21. The van der Waals surface area contributed by atoms with Crippen molar-refractivity contribution in [2.75, 3.05) is 13.1 Å². The minimum Gasteiger partial charge on any atom is -0.361 e. The van der Waals surface area contributed by atoms with Crippen LogP contribution < -0.4 is 5.32 Å². The van der Waals surface area contributed by atoms with Gasteiger partial charge in [-0.15, -0.1) is 0 Å². The second kappa shape index (κ2) is 5.42. The van der Waals surface area contributed by atoms with E-state index in [2.05, 4.69) is 17.4 Å². The first kappa shape index (κ1) is 12.9. The second-order valence-corrected chi connectivity index (χ2v) is 4.82. The van der Waals surface area contributed by atoms with Crippen LogP contribution in [0.1, 0.15) is 49.2 Å². The van der Waals surface area contributed by atoms with Gasteiger partial charge in [0.05, 0.1) is 11.7 Å². The van der Waals surface area contributed by atoms with Crippen molar-refractivity contribution in [3.8, 4) is 0 Å². The Labute approximate surface area is 108 Å². The largest absolute Gasteiger partial charge is 0.361 e. The molecule has 0 radical (unpaired) electrons. The smallest absolute Gasteiger partial charge is 0.317 e. The van der Waals surface area contributed by atoms with E-state index in [-0.39, 0.29) is 12.1 Å². The Hall–Kier alpha value is -1.52. The zero-order valence-corrected chi connectivity index (χ0v) is 11.3. The summed E-state index contributed by atoms with van der Waals surface area (Å²) in [7, 11) is 0. The maximum atomic E-state index is 12.1. The molecule has 2 amide bonds. The monoisotopic (exact) mass is 251 g/mol. The fourth-order valence-corrected chi connectivity index (χ4v) is 2.61. The van der Waals surface area contributed by atoms with Gasteiger partial charge in [-0.25, -0.2) is 4.79 Å². The first-order valence-corrected chi connectivity index (χ1v) is 6.62. The van der Waals surface area contributed by atoms with Crippen LogP contribution in [0.15, 0.2) is 4.52 Å². The quantitative estimate of drug-likeness (QED) is 0.898. The summed E-state index contributed by atoms with van der Waals surface area (Å²) in [6, 6.07) is 0.146. The van der Waals surface area contributed by atoms with Crippen molar-refractivity contribution in [3.05, 3.63) is 17.0 Å². The van der Waals surface area contributed by atoms with E-state index >= 15 is 0 Å². The number of likely N-dealkylation sites (tertiary alicyclic amines) is 1. The molecule has 100 valence electrons. The third kappa shape index (κ3) is 2.35. The summed E-state index contributed by atoms with van der Waals surface area (Å²) in [4.78, 5) is 14.0. The molecule has 0 spiro atoms. The molecule has 1 N–H and O–H groups in total. The number of carbonyl (C=O) groups excluding carboxylic acids is 1. The lowest BCUT2D eigenvalue weighted by Gasteiger charge is -2.24. The summed E-state index contributed by atoms with van der Waals surface area (Å²) in [6.07, 6.45) is 2.98. The Balaban J connectivity index is 2.15. The molecule has 1 fully saturated rings. The van der Waals surface area contributed by atoms with Crippen LogP contribution in [0.4, 0.5) is 4.79 Å². The Morgan fingerprint density at radius 3 is 2.94 bits per heavy atom. The van der Waals surface area contributed by atoms with Crippen molar-refractivity contribution >= 4 is 6.03 Å². The molecule has 0 aliphatic carbocycles. The lowest BCUT2D eigenvalue weighted by Crippen LogP contribution is -2.39. The molecule has 1 unspecified atom stereocenters. The number of urea groups is 1. The third-order valence-corrected chi connectivity index (χ3v) is 3.46. The van der Waals surface area contributed by atoms with Gasteiger partial charge in [-0.2, -0.15) is 0 Å². The molecule has 1 atom stereocenters. The average Bonchev–Trinajstić information content (AvgIpc) is 2.93. The van der Waals surface area contributed by atoms with E-state index in [1.807, 2.05) is 18.7 Å². The Morgan fingerprint density at radius 1 is 1.56 bits per heavy atom. The van der Waals surface area contributed by atoms with Gasteiger partial charge in [0.1, 0.15) is 5.76 Å². The summed E-state index contributed by atoms with van der Waals surface area (Å²) in [6.45, 7) is 7.44. The molecule has 0 bridgehead atoms.